The van der Waals surface area contributed by atoms with Crippen molar-refractivity contribution in [1.82, 2.24) is 4.90 Å². The molecule has 0 amide bonds. The number of likely N-dealkylation sites (tertiary alicyclic amines) is 1. The Bertz CT molecular complexity index is 598. The van der Waals surface area contributed by atoms with E-state index >= 15 is 0 Å². The summed E-state index contributed by atoms with van der Waals surface area (Å²) < 4.78 is 0. The van der Waals surface area contributed by atoms with Gasteiger partial charge in [-0.1, -0.05) is 54.1 Å². The van der Waals surface area contributed by atoms with Crippen molar-refractivity contribution in [2.24, 2.45) is 0 Å². The molecule has 0 aliphatic carbocycles. The van der Waals surface area contributed by atoms with Gasteiger partial charge in [0.2, 0.25) is 0 Å². The fourth-order valence-electron chi connectivity index (χ4n) is 2.68. The van der Waals surface area contributed by atoms with Crippen molar-refractivity contribution < 1.29 is 0 Å². The van der Waals surface area contributed by atoms with E-state index in [2.05, 4.69) is 47.4 Å². The Morgan fingerprint density at radius 3 is 2.40 bits per heavy atom. The Balaban J connectivity index is 2.01. The van der Waals surface area contributed by atoms with E-state index in [1.165, 1.54) is 24.1 Å². The summed E-state index contributed by atoms with van der Waals surface area (Å²) in [5.74, 6) is 0. The third-order valence-corrected chi connectivity index (χ3v) is 3.90. The zero-order valence-electron chi connectivity index (χ0n) is 11.4. The molecule has 1 saturated heterocycles. The minimum Gasteiger partial charge on any atom is -0.371 e. The van der Waals surface area contributed by atoms with E-state index in [1.54, 1.807) is 0 Å². The number of hydrogen-bond acceptors (Lipinski definition) is 1. The van der Waals surface area contributed by atoms with Crippen LogP contribution in [-0.4, -0.2) is 18.0 Å². The van der Waals surface area contributed by atoms with Crippen molar-refractivity contribution in [1.29, 1.82) is 0 Å². The van der Waals surface area contributed by atoms with Crippen LogP contribution >= 0.6 is 11.6 Å². The third kappa shape index (κ3) is 3.05. The maximum Gasteiger partial charge on any atom is 0.0445 e. The molecule has 102 valence electrons. The molecule has 1 fully saturated rings. The molecule has 2 aromatic rings. The zero-order chi connectivity index (χ0) is 13.8. The number of nitrogens with zero attached hydrogens (tertiary/aromatic N) is 1. The fraction of sp³-hybridized carbons (Fsp3) is 0.222. The van der Waals surface area contributed by atoms with Crippen molar-refractivity contribution in [2.45, 2.75) is 12.8 Å². The van der Waals surface area contributed by atoms with Crippen LogP contribution in [0.4, 0.5) is 0 Å². The highest BCUT2D eigenvalue weighted by Gasteiger charge is 2.16. The Morgan fingerprint density at radius 1 is 0.950 bits per heavy atom. The molecule has 2 aromatic carbocycles. The second kappa shape index (κ2) is 6.15. The lowest BCUT2D eigenvalue weighted by molar-refractivity contribution is 0.495. The standard InChI is InChI=1S/C18H18ClN/c19-17-10-6-7-15(13-17)14-18(20-11-4-5-12-20)16-8-2-1-3-9-16/h1-3,6-10,13-14H,4-5,11-12H2. The van der Waals surface area contributed by atoms with Gasteiger partial charge in [0, 0.05) is 23.8 Å². The zero-order valence-corrected chi connectivity index (χ0v) is 12.2. The van der Waals surface area contributed by atoms with Crippen LogP contribution in [0.15, 0.2) is 54.6 Å². The lowest BCUT2D eigenvalue weighted by Crippen LogP contribution is -2.17. The maximum absolute atomic E-state index is 6.09. The summed E-state index contributed by atoms with van der Waals surface area (Å²) in [5.41, 5.74) is 3.72. The van der Waals surface area contributed by atoms with E-state index in [-0.39, 0.29) is 0 Å². The molecule has 1 aliphatic rings. The SMILES string of the molecule is Clc1cccc(C=C(c2ccccc2)N2CCCC2)c1. The van der Waals surface area contributed by atoms with Crippen LogP contribution in [0.2, 0.25) is 5.02 Å². The summed E-state index contributed by atoms with van der Waals surface area (Å²) in [6.45, 7) is 2.28. The van der Waals surface area contributed by atoms with Gasteiger partial charge in [-0.25, -0.2) is 0 Å². The first-order valence-corrected chi connectivity index (χ1v) is 7.48. The third-order valence-electron chi connectivity index (χ3n) is 3.67. The molecule has 0 saturated carbocycles. The maximum atomic E-state index is 6.09. The number of benzene rings is 2. The van der Waals surface area contributed by atoms with Gasteiger partial charge in [-0.3, -0.25) is 0 Å². The second-order valence-electron chi connectivity index (χ2n) is 5.14. The van der Waals surface area contributed by atoms with Gasteiger partial charge in [0.25, 0.3) is 0 Å². The summed E-state index contributed by atoms with van der Waals surface area (Å²) in [6.07, 6.45) is 4.80. The average molecular weight is 284 g/mol. The van der Waals surface area contributed by atoms with Gasteiger partial charge < -0.3 is 4.90 Å². The largest absolute Gasteiger partial charge is 0.371 e. The van der Waals surface area contributed by atoms with Gasteiger partial charge in [0.15, 0.2) is 0 Å². The molecule has 0 atom stereocenters. The summed E-state index contributed by atoms with van der Waals surface area (Å²) in [4.78, 5) is 2.47. The first-order valence-electron chi connectivity index (χ1n) is 7.10. The van der Waals surface area contributed by atoms with Crippen molar-refractivity contribution in [3.8, 4) is 0 Å². The van der Waals surface area contributed by atoms with Crippen LogP contribution in [0.25, 0.3) is 11.8 Å². The van der Waals surface area contributed by atoms with Crippen LogP contribution in [-0.2, 0) is 0 Å². The molecule has 0 N–H and O–H groups in total. The van der Waals surface area contributed by atoms with Crippen LogP contribution in [0.3, 0.4) is 0 Å². The van der Waals surface area contributed by atoms with Crippen molar-refractivity contribution in [3.05, 3.63) is 70.7 Å². The minimum absolute atomic E-state index is 0.785. The molecule has 0 unspecified atom stereocenters. The molecule has 0 radical (unpaired) electrons. The van der Waals surface area contributed by atoms with Gasteiger partial charge in [-0.05, 0) is 42.2 Å². The lowest BCUT2D eigenvalue weighted by atomic mass is 10.1. The van der Waals surface area contributed by atoms with Gasteiger partial charge in [0.05, 0.1) is 0 Å². The lowest BCUT2D eigenvalue weighted by Gasteiger charge is -2.22. The first kappa shape index (κ1) is 13.3. The molecule has 2 heteroatoms. The quantitative estimate of drug-likeness (QED) is 0.722. The molecule has 1 nitrogen and oxygen atoms in total. The van der Waals surface area contributed by atoms with Crippen molar-refractivity contribution >= 4 is 23.4 Å². The Hall–Kier alpha value is -1.73. The predicted molar refractivity (Wildman–Crippen MR) is 86.6 cm³/mol. The molecule has 0 aromatic heterocycles. The van der Waals surface area contributed by atoms with Crippen LogP contribution < -0.4 is 0 Å². The summed E-state index contributed by atoms with van der Waals surface area (Å²) in [7, 11) is 0. The molecule has 1 aliphatic heterocycles. The smallest absolute Gasteiger partial charge is 0.0445 e. The number of hydrogen-bond donors (Lipinski definition) is 0. The molecule has 0 bridgehead atoms. The highest BCUT2D eigenvalue weighted by Crippen LogP contribution is 2.26. The van der Waals surface area contributed by atoms with Crippen molar-refractivity contribution in [3.63, 3.8) is 0 Å². The van der Waals surface area contributed by atoms with E-state index in [4.69, 9.17) is 11.6 Å². The van der Waals surface area contributed by atoms with E-state index in [1.807, 2.05) is 18.2 Å². The number of rotatable bonds is 3. The Labute approximate surface area is 125 Å². The van der Waals surface area contributed by atoms with Gasteiger partial charge in [0.1, 0.15) is 0 Å². The highest BCUT2D eigenvalue weighted by atomic mass is 35.5. The molecule has 3 rings (SSSR count). The summed E-state index contributed by atoms with van der Waals surface area (Å²) in [5, 5.41) is 0.785. The molecule has 20 heavy (non-hydrogen) atoms. The predicted octanol–water partition coefficient (Wildman–Crippen LogP) is 4.93. The molecular formula is C18H18ClN. The van der Waals surface area contributed by atoms with Crippen LogP contribution in [0, 0.1) is 0 Å². The van der Waals surface area contributed by atoms with Crippen molar-refractivity contribution in [2.75, 3.05) is 13.1 Å². The monoisotopic (exact) mass is 283 g/mol. The van der Waals surface area contributed by atoms with E-state index < -0.39 is 0 Å². The minimum atomic E-state index is 0.785. The second-order valence-corrected chi connectivity index (χ2v) is 5.58. The Morgan fingerprint density at radius 2 is 1.70 bits per heavy atom. The summed E-state index contributed by atoms with van der Waals surface area (Å²) in [6, 6.07) is 18.6. The van der Waals surface area contributed by atoms with Crippen LogP contribution in [0.1, 0.15) is 24.0 Å². The van der Waals surface area contributed by atoms with E-state index in [9.17, 15) is 0 Å². The van der Waals surface area contributed by atoms with Gasteiger partial charge in [-0.2, -0.15) is 0 Å². The highest BCUT2D eigenvalue weighted by molar-refractivity contribution is 6.30. The van der Waals surface area contributed by atoms with E-state index in [0.29, 0.717) is 0 Å². The molecule has 1 heterocycles. The molecular weight excluding hydrogens is 266 g/mol. The topological polar surface area (TPSA) is 3.24 Å². The van der Waals surface area contributed by atoms with Gasteiger partial charge >= 0.3 is 0 Å². The normalized spacial score (nSPS) is 15.7. The van der Waals surface area contributed by atoms with Gasteiger partial charge in [-0.15, -0.1) is 0 Å². The fourth-order valence-corrected chi connectivity index (χ4v) is 2.88. The first-order chi connectivity index (χ1) is 9.83. The Kier molecular flexibility index (Phi) is 4.08. The summed E-state index contributed by atoms with van der Waals surface area (Å²) >= 11 is 6.09. The number of halogens is 1. The average Bonchev–Trinajstić information content (AvgIpc) is 3.00. The van der Waals surface area contributed by atoms with E-state index in [0.717, 1.165) is 23.7 Å². The van der Waals surface area contributed by atoms with Crippen LogP contribution in [0.5, 0.6) is 0 Å². The molecule has 0 spiro atoms.